The molecule has 0 radical (unpaired) electrons. The van der Waals surface area contributed by atoms with Crippen molar-refractivity contribution in [2.75, 3.05) is 12.3 Å². The molecule has 0 saturated heterocycles. The summed E-state index contributed by atoms with van der Waals surface area (Å²) >= 11 is 0. The molecule has 2 unspecified atom stereocenters. The Labute approximate surface area is 99.2 Å². The standard InChI is InChI=1S/C4H12O5P2.2Al.6H/c1-3-10(5,6)9-11(7,8)4-2;;;;;;;;/h3-4H2,1-2H3,(H,5,6)(H,7,8);;;;;;;;. The fourth-order valence-electron chi connectivity index (χ4n) is 0.315. The Bertz CT molecular complexity index is 199. The van der Waals surface area contributed by atoms with Gasteiger partial charge < -0.3 is 9.79 Å². The van der Waals surface area contributed by atoms with E-state index in [1.54, 1.807) is 0 Å². The Morgan fingerprint density at radius 3 is 1.38 bits per heavy atom. The van der Waals surface area contributed by atoms with Gasteiger partial charge in [0, 0.05) is 12.3 Å². The van der Waals surface area contributed by atoms with Gasteiger partial charge >= 0.3 is 15.2 Å². The highest BCUT2D eigenvalue weighted by Crippen LogP contribution is 2.58. The van der Waals surface area contributed by atoms with Crippen LogP contribution in [0.15, 0.2) is 0 Å². The molecule has 0 fully saturated rings. The first-order valence-corrected chi connectivity index (χ1v) is 6.70. The molecule has 2 N–H and O–H groups in total. The normalized spacial score (nSPS) is 18.8. The van der Waals surface area contributed by atoms with Crippen molar-refractivity contribution in [3.63, 3.8) is 0 Å². The van der Waals surface area contributed by atoms with Gasteiger partial charge in [-0.1, -0.05) is 13.8 Å². The lowest BCUT2D eigenvalue weighted by Gasteiger charge is -2.13. The van der Waals surface area contributed by atoms with Crippen LogP contribution in [0.3, 0.4) is 0 Å². The van der Waals surface area contributed by atoms with Gasteiger partial charge in [0.2, 0.25) is 0 Å². The molecular formula is C4H18Al2O5P2. The summed E-state index contributed by atoms with van der Waals surface area (Å²) in [6, 6.07) is 0. The molecule has 5 nitrogen and oxygen atoms in total. The Balaban J connectivity index is -0.000000500. The molecule has 0 spiro atoms. The fourth-order valence-corrected chi connectivity index (χ4v) is 2.83. The van der Waals surface area contributed by atoms with E-state index in [1.165, 1.54) is 13.8 Å². The maximum absolute atomic E-state index is 10.8. The van der Waals surface area contributed by atoms with Gasteiger partial charge in [0.1, 0.15) is 0 Å². The Morgan fingerprint density at radius 2 is 1.23 bits per heavy atom. The van der Waals surface area contributed by atoms with E-state index in [0.29, 0.717) is 0 Å². The molecule has 0 aliphatic carbocycles. The lowest BCUT2D eigenvalue weighted by molar-refractivity contribution is 0.334. The van der Waals surface area contributed by atoms with Gasteiger partial charge in [-0.3, -0.25) is 9.13 Å². The summed E-state index contributed by atoms with van der Waals surface area (Å²) in [6.07, 6.45) is -0.310. The molecule has 0 amide bonds. The van der Waals surface area contributed by atoms with Crippen molar-refractivity contribution in [3.8, 4) is 0 Å². The van der Waals surface area contributed by atoms with Crippen LogP contribution in [0.1, 0.15) is 13.8 Å². The molecule has 0 rings (SSSR count). The van der Waals surface area contributed by atoms with Crippen LogP contribution in [0.4, 0.5) is 0 Å². The molecule has 0 aliphatic rings. The van der Waals surface area contributed by atoms with Crippen LogP contribution in [0.25, 0.3) is 0 Å². The van der Waals surface area contributed by atoms with Gasteiger partial charge in [-0.15, -0.1) is 0 Å². The number of rotatable bonds is 4. The highest BCUT2D eigenvalue weighted by molar-refractivity contribution is 7.66. The molecular weight excluding hydrogens is 244 g/mol. The summed E-state index contributed by atoms with van der Waals surface area (Å²) in [5.41, 5.74) is 0. The van der Waals surface area contributed by atoms with Crippen LogP contribution >= 0.6 is 15.2 Å². The van der Waals surface area contributed by atoms with Crippen LogP contribution in [0.5, 0.6) is 0 Å². The molecule has 0 bridgehead atoms. The molecule has 0 saturated carbocycles. The smallest absolute Gasteiger partial charge is 0.324 e. The molecule has 2 atom stereocenters. The average Bonchev–Trinajstić information content (AvgIpc) is 1.86. The van der Waals surface area contributed by atoms with E-state index in [0.717, 1.165) is 0 Å². The SMILES string of the molecule is CCP(=O)(O)OP(=O)(O)CC.[AlH3].[AlH3]. The van der Waals surface area contributed by atoms with E-state index < -0.39 is 15.2 Å². The molecule has 0 aliphatic heterocycles. The maximum atomic E-state index is 10.8. The second-order valence-electron chi connectivity index (χ2n) is 1.99. The van der Waals surface area contributed by atoms with E-state index in [9.17, 15) is 9.13 Å². The molecule has 0 aromatic heterocycles. The monoisotopic (exact) mass is 262 g/mol. The minimum atomic E-state index is -3.82. The van der Waals surface area contributed by atoms with Gasteiger partial charge in [-0.25, -0.2) is 4.31 Å². The lowest BCUT2D eigenvalue weighted by atomic mass is 11.0. The van der Waals surface area contributed by atoms with Crippen molar-refractivity contribution in [1.29, 1.82) is 0 Å². The summed E-state index contributed by atoms with van der Waals surface area (Å²) in [6.45, 7) is 2.83. The van der Waals surface area contributed by atoms with Crippen molar-refractivity contribution in [2.24, 2.45) is 0 Å². The molecule has 80 valence electrons. The minimum Gasteiger partial charge on any atom is -0.324 e. The van der Waals surface area contributed by atoms with Crippen LogP contribution < -0.4 is 0 Å². The van der Waals surface area contributed by atoms with Gasteiger partial charge in [-0.2, -0.15) is 0 Å². The first-order chi connectivity index (χ1) is 4.83. The Hall–Kier alpha value is 1.40. The third-order valence-electron chi connectivity index (χ3n) is 1.05. The van der Waals surface area contributed by atoms with Crippen LogP contribution in [-0.2, 0) is 13.4 Å². The van der Waals surface area contributed by atoms with Crippen molar-refractivity contribution < 1.29 is 23.2 Å². The van der Waals surface area contributed by atoms with Gasteiger partial charge in [0.05, 0.1) is 0 Å². The summed E-state index contributed by atoms with van der Waals surface area (Å²) < 4.78 is 25.7. The highest BCUT2D eigenvalue weighted by atomic mass is 31.3. The summed E-state index contributed by atoms with van der Waals surface area (Å²) in [7, 11) is -7.65. The zero-order chi connectivity index (χ0) is 9.12. The predicted octanol–water partition coefficient (Wildman–Crippen LogP) is -0.954. The third-order valence-corrected chi connectivity index (χ3v) is 4.69. The van der Waals surface area contributed by atoms with Gasteiger partial charge in [0.25, 0.3) is 0 Å². The zero-order valence-electron chi connectivity index (χ0n) is 6.43. The third kappa shape index (κ3) is 9.70. The second-order valence-corrected chi connectivity index (χ2v) is 6.46. The van der Waals surface area contributed by atoms with Gasteiger partial charge in [-0.05, 0) is 0 Å². The quantitative estimate of drug-likeness (QED) is 0.504. The van der Waals surface area contributed by atoms with Crippen molar-refractivity contribution in [3.05, 3.63) is 0 Å². The number of hydrogen-bond donors (Lipinski definition) is 2. The second kappa shape index (κ2) is 7.66. The van der Waals surface area contributed by atoms with Crippen molar-refractivity contribution >= 4 is 49.9 Å². The first kappa shape index (κ1) is 19.9. The largest absolute Gasteiger partial charge is 0.334 e. The Kier molecular flexibility index (Phi) is 11.7. The summed E-state index contributed by atoms with van der Waals surface area (Å²) in [4.78, 5) is 17.6. The molecule has 0 heterocycles. The molecule has 0 aromatic rings. The fraction of sp³-hybridized carbons (Fsp3) is 1.00. The van der Waals surface area contributed by atoms with E-state index in [-0.39, 0.29) is 47.0 Å². The van der Waals surface area contributed by atoms with E-state index in [1.807, 2.05) is 0 Å². The zero-order valence-corrected chi connectivity index (χ0v) is 8.22. The van der Waals surface area contributed by atoms with Crippen LogP contribution in [0.2, 0.25) is 0 Å². The lowest BCUT2D eigenvalue weighted by Crippen LogP contribution is -1.92. The highest BCUT2D eigenvalue weighted by Gasteiger charge is 2.28. The first-order valence-electron chi connectivity index (χ1n) is 3.18. The van der Waals surface area contributed by atoms with E-state index in [4.69, 9.17) is 9.79 Å². The maximum Gasteiger partial charge on any atom is 0.334 e. The molecule has 0 aromatic carbocycles. The van der Waals surface area contributed by atoms with Gasteiger partial charge in [0.15, 0.2) is 34.7 Å². The van der Waals surface area contributed by atoms with E-state index >= 15 is 0 Å². The van der Waals surface area contributed by atoms with Crippen LogP contribution in [-0.4, -0.2) is 56.8 Å². The summed E-state index contributed by atoms with van der Waals surface area (Å²) in [5, 5.41) is 0. The predicted molar refractivity (Wildman–Crippen MR) is 61.7 cm³/mol. The Morgan fingerprint density at radius 1 is 1.00 bits per heavy atom. The summed E-state index contributed by atoms with van der Waals surface area (Å²) in [5.74, 6) is 0. The molecule has 13 heavy (non-hydrogen) atoms. The van der Waals surface area contributed by atoms with Crippen molar-refractivity contribution in [1.82, 2.24) is 0 Å². The van der Waals surface area contributed by atoms with Crippen molar-refractivity contribution in [2.45, 2.75) is 13.8 Å². The topological polar surface area (TPSA) is 83.8 Å². The average molecular weight is 262 g/mol. The van der Waals surface area contributed by atoms with E-state index in [2.05, 4.69) is 4.31 Å². The number of hydrogen-bond acceptors (Lipinski definition) is 3. The molecule has 9 heteroatoms. The van der Waals surface area contributed by atoms with Crippen LogP contribution in [0, 0.1) is 0 Å². The minimum absolute atomic E-state index is 0.